The predicted molar refractivity (Wildman–Crippen MR) is 58.4 cm³/mol. The van der Waals surface area contributed by atoms with Gasteiger partial charge in [0, 0.05) is 5.70 Å². The van der Waals surface area contributed by atoms with Crippen molar-refractivity contribution in [3.8, 4) is 0 Å². The second-order valence-electron chi connectivity index (χ2n) is 5.04. The Bertz CT molecular complexity index is 180. The summed E-state index contributed by atoms with van der Waals surface area (Å²) in [5, 5.41) is 0. The van der Waals surface area contributed by atoms with Crippen molar-refractivity contribution in [1.29, 1.82) is 0 Å². The molecule has 1 aliphatic carbocycles. The van der Waals surface area contributed by atoms with Gasteiger partial charge in [0.2, 0.25) is 0 Å². The van der Waals surface area contributed by atoms with E-state index in [1.807, 2.05) is 0 Å². The van der Waals surface area contributed by atoms with Crippen LogP contribution in [0.2, 0.25) is 0 Å². The SMILES string of the molecule is CC1(C)CCCC/C=C(/N)CCC1. The molecule has 0 radical (unpaired) electrons. The van der Waals surface area contributed by atoms with Gasteiger partial charge in [-0.05, 0) is 43.9 Å². The lowest BCUT2D eigenvalue weighted by atomic mass is 9.81. The number of hydrogen-bond acceptors (Lipinski definition) is 1. The third-order valence-corrected chi connectivity index (χ3v) is 3.03. The zero-order chi connectivity index (χ0) is 9.73. The maximum atomic E-state index is 5.87. The van der Waals surface area contributed by atoms with E-state index in [4.69, 9.17) is 5.73 Å². The van der Waals surface area contributed by atoms with E-state index in [1.165, 1.54) is 38.5 Å². The summed E-state index contributed by atoms with van der Waals surface area (Å²) in [5.74, 6) is 0. The molecule has 13 heavy (non-hydrogen) atoms. The van der Waals surface area contributed by atoms with Gasteiger partial charge in [-0.3, -0.25) is 0 Å². The van der Waals surface area contributed by atoms with Crippen LogP contribution in [0.1, 0.15) is 58.8 Å². The first-order chi connectivity index (χ1) is 6.10. The molecule has 0 aromatic carbocycles. The van der Waals surface area contributed by atoms with Crippen molar-refractivity contribution in [3.63, 3.8) is 0 Å². The summed E-state index contributed by atoms with van der Waals surface area (Å²) in [6, 6.07) is 0. The number of hydrogen-bond donors (Lipinski definition) is 1. The highest BCUT2D eigenvalue weighted by Gasteiger charge is 2.17. The molecular weight excluding hydrogens is 158 g/mol. The minimum Gasteiger partial charge on any atom is -0.402 e. The molecule has 1 rings (SSSR count). The largest absolute Gasteiger partial charge is 0.402 e. The number of allylic oxidation sites excluding steroid dienone is 2. The number of nitrogens with two attached hydrogens (primary N) is 1. The van der Waals surface area contributed by atoms with Crippen molar-refractivity contribution in [1.82, 2.24) is 0 Å². The Morgan fingerprint density at radius 3 is 2.62 bits per heavy atom. The molecule has 1 nitrogen and oxygen atoms in total. The minimum absolute atomic E-state index is 0.539. The van der Waals surface area contributed by atoms with Crippen LogP contribution in [0.25, 0.3) is 0 Å². The topological polar surface area (TPSA) is 26.0 Å². The average molecular weight is 181 g/mol. The van der Waals surface area contributed by atoms with Gasteiger partial charge < -0.3 is 5.73 Å². The standard InChI is InChI=1S/C12H23N/c1-12(2)9-5-3-4-7-11(13)8-6-10-12/h7H,3-6,8-10,13H2,1-2H3/b11-7+. The molecule has 1 heteroatoms. The molecule has 0 fully saturated rings. The molecule has 0 amide bonds. The zero-order valence-electron chi connectivity index (χ0n) is 9.10. The van der Waals surface area contributed by atoms with E-state index >= 15 is 0 Å². The van der Waals surface area contributed by atoms with E-state index in [9.17, 15) is 0 Å². The van der Waals surface area contributed by atoms with Crippen molar-refractivity contribution >= 4 is 0 Å². The summed E-state index contributed by atoms with van der Waals surface area (Å²) in [6.07, 6.45) is 11.1. The molecule has 0 saturated heterocycles. The molecule has 0 aromatic heterocycles. The summed E-state index contributed by atoms with van der Waals surface area (Å²) >= 11 is 0. The molecular formula is C12H23N. The highest BCUT2D eigenvalue weighted by Crippen LogP contribution is 2.31. The van der Waals surface area contributed by atoms with Gasteiger partial charge in [-0.25, -0.2) is 0 Å². The van der Waals surface area contributed by atoms with Gasteiger partial charge >= 0.3 is 0 Å². The molecule has 0 bridgehead atoms. The van der Waals surface area contributed by atoms with Gasteiger partial charge in [-0.2, -0.15) is 0 Å². The molecule has 1 aliphatic rings. The van der Waals surface area contributed by atoms with E-state index in [-0.39, 0.29) is 0 Å². The Balaban J connectivity index is 2.46. The van der Waals surface area contributed by atoms with Gasteiger partial charge in [-0.15, -0.1) is 0 Å². The van der Waals surface area contributed by atoms with Crippen LogP contribution >= 0.6 is 0 Å². The molecule has 0 spiro atoms. The van der Waals surface area contributed by atoms with Crippen molar-refractivity contribution < 1.29 is 0 Å². The lowest BCUT2D eigenvalue weighted by molar-refractivity contribution is 0.287. The lowest BCUT2D eigenvalue weighted by Crippen LogP contribution is -2.12. The molecule has 0 heterocycles. The Morgan fingerprint density at radius 1 is 1.15 bits per heavy atom. The molecule has 0 aromatic rings. The molecule has 2 N–H and O–H groups in total. The summed E-state index contributed by atoms with van der Waals surface area (Å²) in [7, 11) is 0. The van der Waals surface area contributed by atoms with Crippen LogP contribution in [0.3, 0.4) is 0 Å². The first kappa shape index (κ1) is 10.6. The number of rotatable bonds is 0. The Labute approximate surface area is 82.4 Å². The van der Waals surface area contributed by atoms with E-state index in [0.29, 0.717) is 5.41 Å². The van der Waals surface area contributed by atoms with E-state index in [0.717, 1.165) is 12.1 Å². The zero-order valence-corrected chi connectivity index (χ0v) is 9.10. The van der Waals surface area contributed by atoms with E-state index < -0.39 is 0 Å². The fourth-order valence-corrected chi connectivity index (χ4v) is 2.03. The van der Waals surface area contributed by atoms with Crippen LogP contribution in [0, 0.1) is 5.41 Å². The predicted octanol–water partition coefficient (Wildman–Crippen LogP) is 3.60. The lowest BCUT2D eigenvalue weighted by Gasteiger charge is -2.25. The summed E-state index contributed by atoms with van der Waals surface area (Å²) in [4.78, 5) is 0. The Morgan fingerprint density at radius 2 is 1.85 bits per heavy atom. The first-order valence-electron chi connectivity index (χ1n) is 5.55. The smallest absolute Gasteiger partial charge is 0.00399 e. The Kier molecular flexibility index (Phi) is 3.83. The summed E-state index contributed by atoms with van der Waals surface area (Å²) in [5.41, 5.74) is 7.52. The Hall–Kier alpha value is -0.460. The molecule has 0 atom stereocenters. The van der Waals surface area contributed by atoms with Crippen molar-refractivity contribution in [3.05, 3.63) is 11.8 Å². The van der Waals surface area contributed by atoms with Crippen LogP contribution in [-0.4, -0.2) is 0 Å². The third-order valence-electron chi connectivity index (χ3n) is 3.03. The average Bonchev–Trinajstić information content (AvgIpc) is 2.02. The van der Waals surface area contributed by atoms with E-state index in [1.54, 1.807) is 0 Å². The molecule has 0 saturated carbocycles. The fraction of sp³-hybridized carbons (Fsp3) is 0.833. The normalized spacial score (nSPS) is 28.9. The van der Waals surface area contributed by atoms with Gasteiger partial charge in [-0.1, -0.05) is 26.3 Å². The fourth-order valence-electron chi connectivity index (χ4n) is 2.03. The second kappa shape index (κ2) is 4.69. The first-order valence-corrected chi connectivity index (χ1v) is 5.55. The van der Waals surface area contributed by atoms with Crippen molar-refractivity contribution in [2.75, 3.05) is 0 Å². The second-order valence-corrected chi connectivity index (χ2v) is 5.04. The highest BCUT2D eigenvalue weighted by atomic mass is 14.6. The summed E-state index contributed by atoms with van der Waals surface area (Å²) < 4.78 is 0. The van der Waals surface area contributed by atoms with Crippen LogP contribution in [0.5, 0.6) is 0 Å². The van der Waals surface area contributed by atoms with Gasteiger partial charge in [0.15, 0.2) is 0 Å². The molecule has 0 aliphatic heterocycles. The minimum atomic E-state index is 0.539. The maximum Gasteiger partial charge on any atom is 0.00399 e. The van der Waals surface area contributed by atoms with Crippen molar-refractivity contribution in [2.45, 2.75) is 58.8 Å². The van der Waals surface area contributed by atoms with Crippen LogP contribution in [-0.2, 0) is 0 Å². The van der Waals surface area contributed by atoms with Crippen LogP contribution in [0.15, 0.2) is 11.8 Å². The summed E-state index contributed by atoms with van der Waals surface area (Å²) in [6.45, 7) is 4.77. The van der Waals surface area contributed by atoms with Crippen LogP contribution in [0.4, 0.5) is 0 Å². The van der Waals surface area contributed by atoms with Gasteiger partial charge in [0.1, 0.15) is 0 Å². The van der Waals surface area contributed by atoms with E-state index in [2.05, 4.69) is 19.9 Å². The highest BCUT2D eigenvalue weighted by molar-refractivity contribution is 4.96. The monoisotopic (exact) mass is 181 g/mol. The quantitative estimate of drug-likeness (QED) is 0.607. The van der Waals surface area contributed by atoms with Crippen LogP contribution < -0.4 is 5.73 Å². The third kappa shape index (κ3) is 4.35. The molecule has 0 unspecified atom stereocenters. The molecule has 76 valence electrons. The maximum absolute atomic E-state index is 5.87. The van der Waals surface area contributed by atoms with Gasteiger partial charge in [0.25, 0.3) is 0 Å². The van der Waals surface area contributed by atoms with Gasteiger partial charge in [0.05, 0.1) is 0 Å². The van der Waals surface area contributed by atoms with Crippen molar-refractivity contribution in [2.24, 2.45) is 11.1 Å².